The molecule has 0 aromatic heterocycles. The van der Waals surface area contributed by atoms with E-state index in [2.05, 4.69) is 10.6 Å². The highest BCUT2D eigenvalue weighted by atomic mass is 32.2. The van der Waals surface area contributed by atoms with Gasteiger partial charge in [-0.2, -0.15) is 8.42 Å². The molecule has 4 atom stereocenters. The Balaban J connectivity index is 1.58. The van der Waals surface area contributed by atoms with E-state index in [0.717, 1.165) is 11.2 Å². The maximum absolute atomic E-state index is 12.6. The van der Waals surface area contributed by atoms with Gasteiger partial charge in [0.2, 0.25) is 5.91 Å². The van der Waals surface area contributed by atoms with Crippen molar-refractivity contribution in [1.82, 2.24) is 20.4 Å². The maximum atomic E-state index is 12.6. The van der Waals surface area contributed by atoms with Gasteiger partial charge in [0.1, 0.15) is 12.1 Å². The highest BCUT2D eigenvalue weighted by molar-refractivity contribution is 7.86. The van der Waals surface area contributed by atoms with Gasteiger partial charge >= 0.3 is 22.1 Å². The maximum Gasteiger partial charge on any atom is 0.356 e. The Morgan fingerprint density at radius 3 is 2.57 bits per heavy atom. The molecule has 12 nitrogen and oxygen atoms in total. The average Bonchev–Trinajstić information content (AvgIpc) is 3.13. The Hall–Kier alpha value is -2.83. The Bertz CT molecular complexity index is 928. The first kappa shape index (κ1) is 18.5. The van der Waals surface area contributed by atoms with E-state index < -0.39 is 57.8 Å². The average molecular weight is 414 g/mol. The molecule has 152 valence electrons. The number of carboxylic acid groups (broad SMARTS) is 1. The Morgan fingerprint density at radius 1 is 1.29 bits per heavy atom. The molecule has 4 amide bonds. The van der Waals surface area contributed by atoms with Gasteiger partial charge in [-0.05, 0) is 12.8 Å². The molecule has 28 heavy (non-hydrogen) atoms. The summed E-state index contributed by atoms with van der Waals surface area (Å²) < 4.78 is 28.0. The summed E-state index contributed by atoms with van der Waals surface area (Å²) in [5.74, 6) is -3.30. The number of urea groups is 1. The third-order valence-corrected chi connectivity index (χ3v) is 5.89. The molecule has 4 rings (SSSR count). The molecule has 13 heteroatoms. The number of amides is 4. The van der Waals surface area contributed by atoms with E-state index >= 15 is 0 Å². The first-order valence-electron chi connectivity index (χ1n) is 8.65. The van der Waals surface area contributed by atoms with Crippen LogP contribution >= 0.6 is 0 Å². The quantitative estimate of drug-likeness (QED) is 0.344. The zero-order valence-electron chi connectivity index (χ0n) is 14.7. The minimum atomic E-state index is -4.00. The number of carbonyl (C=O) groups excluding carboxylic acids is 3. The van der Waals surface area contributed by atoms with E-state index in [1.165, 1.54) is 4.90 Å². The van der Waals surface area contributed by atoms with Crippen LogP contribution in [0.3, 0.4) is 0 Å². The largest absolute Gasteiger partial charge is 0.476 e. The molecule has 0 bridgehead atoms. The minimum Gasteiger partial charge on any atom is -0.476 e. The first-order chi connectivity index (χ1) is 13.1. The van der Waals surface area contributed by atoms with Crippen molar-refractivity contribution in [3.63, 3.8) is 0 Å². The summed E-state index contributed by atoms with van der Waals surface area (Å²) in [6.45, 7) is 0.539. The monoisotopic (exact) mass is 414 g/mol. The van der Waals surface area contributed by atoms with Gasteiger partial charge in [-0.25, -0.2) is 9.59 Å². The molecule has 4 heterocycles. The third-order valence-electron chi connectivity index (χ3n) is 5.40. The van der Waals surface area contributed by atoms with Gasteiger partial charge in [-0.15, -0.1) is 0 Å². The second kappa shape index (κ2) is 6.09. The molecule has 3 saturated heterocycles. The number of rotatable bonds is 4. The van der Waals surface area contributed by atoms with E-state index in [9.17, 15) is 32.7 Å². The minimum absolute atomic E-state index is 0.0924. The van der Waals surface area contributed by atoms with Crippen molar-refractivity contribution in [2.75, 3.05) is 19.3 Å². The summed E-state index contributed by atoms with van der Waals surface area (Å²) in [7, 11) is -4.00. The lowest BCUT2D eigenvalue weighted by Crippen LogP contribution is -2.74. The normalized spacial score (nSPS) is 31.3. The van der Waals surface area contributed by atoms with Gasteiger partial charge in [0, 0.05) is 19.0 Å². The molecule has 4 aliphatic heterocycles. The van der Waals surface area contributed by atoms with Gasteiger partial charge in [0.15, 0.2) is 11.5 Å². The van der Waals surface area contributed by atoms with E-state index in [-0.39, 0.29) is 24.6 Å². The standard InChI is InChI=1S/C15H18N4O8S/c1-28(25,26)27-11-6-3-5-18(15(24)17-7-2-4-16-12(7)20)9-8(6)19(13(9)21)10(11)14(22)23/h6-9H,2-5H2,1H3,(H,16,20)(H,17,24)(H,22,23)/t6?,7-,8+,9-/m0/s1. The van der Waals surface area contributed by atoms with Crippen LogP contribution in [0.2, 0.25) is 0 Å². The number of β-lactam (4-membered cyclic amide) rings is 1. The number of hydrogen-bond acceptors (Lipinski definition) is 7. The molecule has 0 aliphatic carbocycles. The second-order valence-corrected chi connectivity index (χ2v) is 8.69. The number of nitrogens with one attached hydrogen (secondary N) is 2. The van der Waals surface area contributed by atoms with Gasteiger partial charge in [-0.3, -0.25) is 14.5 Å². The third kappa shape index (κ3) is 2.68. The van der Waals surface area contributed by atoms with Crippen molar-refractivity contribution < 1.29 is 36.9 Å². The van der Waals surface area contributed by atoms with E-state index in [1.54, 1.807) is 0 Å². The van der Waals surface area contributed by atoms with Crippen LogP contribution in [0, 0.1) is 5.92 Å². The lowest BCUT2D eigenvalue weighted by atomic mass is 9.80. The summed E-state index contributed by atoms with van der Waals surface area (Å²) in [6, 6.07) is -2.91. The lowest BCUT2D eigenvalue weighted by molar-refractivity contribution is -0.160. The highest BCUT2D eigenvalue weighted by Crippen LogP contribution is 2.49. The van der Waals surface area contributed by atoms with Crippen molar-refractivity contribution in [3.8, 4) is 0 Å². The number of carboxylic acids is 1. The lowest BCUT2D eigenvalue weighted by Gasteiger charge is -2.52. The number of nitrogens with zero attached hydrogens (tertiary/aromatic N) is 2. The van der Waals surface area contributed by atoms with Crippen LogP contribution in [-0.4, -0.2) is 84.6 Å². The predicted molar refractivity (Wildman–Crippen MR) is 89.8 cm³/mol. The summed E-state index contributed by atoms with van der Waals surface area (Å²) in [5, 5.41) is 14.7. The van der Waals surface area contributed by atoms with E-state index in [1.807, 2.05) is 0 Å². The number of carbonyl (C=O) groups is 4. The fraction of sp³-hybridized carbons (Fsp3) is 0.600. The predicted octanol–water partition coefficient (Wildman–Crippen LogP) is -2.23. The van der Waals surface area contributed by atoms with Crippen molar-refractivity contribution in [2.24, 2.45) is 5.92 Å². The summed E-state index contributed by atoms with van der Waals surface area (Å²) in [4.78, 5) is 50.8. The fourth-order valence-corrected chi connectivity index (χ4v) is 4.83. The van der Waals surface area contributed by atoms with Crippen LogP contribution in [0.1, 0.15) is 12.8 Å². The second-order valence-electron chi connectivity index (χ2n) is 7.12. The molecule has 0 aromatic rings. The summed E-state index contributed by atoms with van der Waals surface area (Å²) >= 11 is 0. The van der Waals surface area contributed by atoms with Crippen LogP contribution in [0.5, 0.6) is 0 Å². The molecule has 3 fully saturated rings. The van der Waals surface area contributed by atoms with Crippen molar-refractivity contribution in [2.45, 2.75) is 31.0 Å². The fourth-order valence-electron chi connectivity index (χ4n) is 4.30. The number of aliphatic carboxylic acids is 1. The summed E-state index contributed by atoms with van der Waals surface area (Å²) in [5.41, 5.74) is -0.501. The molecule has 4 aliphatic rings. The number of piperidine rings is 1. The highest BCUT2D eigenvalue weighted by Gasteiger charge is 2.65. The first-order valence-corrected chi connectivity index (χ1v) is 10.5. The van der Waals surface area contributed by atoms with Crippen LogP contribution in [0.25, 0.3) is 0 Å². The van der Waals surface area contributed by atoms with Crippen LogP contribution < -0.4 is 10.6 Å². The Labute approximate surface area is 159 Å². The van der Waals surface area contributed by atoms with Gasteiger partial charge < -0.3 is 24.8 Å². The Kier molecular flexibility index (Phi) is 4.03. The molecule has 1 unspecified atom stereocenters. The molecular formula is C15H18N4O8S. The molecule has 0 saturated carbocycles. The van der Waals surface area contributed by atoms with Gasteiger partial charge in [-0.1, -0.05) is 0 Å². The van der Waals surface area contributed by atoms with E-state index in [0.29, 0.717) is 13.0 Å². The van der Waals surface area contributed by atoms with Gasteiger partial charge in [0.05, 0.1) is 12.3 Å². The van der Waals surface area contributed by atoms with Crippen molar-refractivity contribution in [3.05, 3.63) is 11.5 Å². The molecule has 0 aromatic carbocycles. The molecule has 3 N–H and O–H groups in total. The van der Waals surface area contributed by atoms with Crippen LogP contribution in [0.15, 0.2) is 11.5 Å². The number of hydrogen-bond donors (Lipinski definition) is 3. The zero-order chi connectivity index (χ0) is 20.4. The van der Waals surface area contributed by atoms with Crippen molar-refractivity contribution in [1.29, 1.82) is 0 Å². The van der Waals surface area contributed by atoms with E-state index in [4.69, 9.17) is 4.18 Å². The molecule has 0 radical (unpaired) electrons. The molecule has 0 spiro atoms. The summed E-state index contributed by atoms with van der Waals surface area (Å²) in [6.07, 6.45) is 1.45. The topological polar surface area (TPSA) is 162 Å². The molecular weight excluding hydrogens is 396 g/mol. The van der Waals surface area contributed by atoms with Crippen LogP contribution in [0.4, 0.5) is 4.79 Å². The van der Waals surface area contributed by atoms with Crippen LogP contribution in [-0.2, 0) is 28.7 Å². The SMILES string of the molecule is CS(=O)(=O)OC1=C(C(=O)O)N2C(=O)[C@@H]3[C@H]2C1CCN3C(=O)N[C@H]1CCNC1=O. The van der Waals surface area contributed by atoms with Crippen molar-refractivity contribution >= 4 is 33.9 Å². The number of likely N-dealkylation sites (tertiary alicyclic amines) is 1. The van der Waals surface area contributed by atoms with Gasteiger partial charge in [0.25, 0.3) is 5.91 Å². The Morgan fingerprint density at radius 2 is 2.00 bits per heavy atom. The smallest absolute Gasteiger partial charge is 0.356 e. The zero-order valence-corrected chi connectivity index (χ0v) is 15.6.